The lowest BCUT2D eigenvalue weighted by molar-refractivity contribution is 0.0538. The normalized spacial score (nSPS) is 20.0. The fraction of sp³-hybridized carbons (Fsp3) is 0.435. The van der Waals surface area contributed by atoms with Gasteiger partial charge in [0.2, 0.25) is 0 Å². The number of hydrogen-bond acceptors (Lipinski definition) is 5. The molecule has 0 unspecified atom stereocenters. The van der Waals surface area contributed by atoms with Crippen LogP contribution in [0.4, 0.5) is 0 Å². The minimum Gasteiger partial charge on any atom is -0.379 e. The zero-order valence-electron chi connectivity index (χ0n) is 17.2. The van der Waals surface area contributed by atoms with Crippen molar-refractivity contribution in [2.45, 2.75) is 37.8 Å². The molecule has 8 nitrogen and oxygen atoms in total. The molecule has 31 heavy (non-hydrogen) atoms. The Balaban J connectivity index is 1.27. The number of carbonyl (C=O) groups excluding carboxylic acids is 2. The van der Waals surface area contributed by atoms with E-state index in [1.807, 2.05) is 35.2 Å². The number of nitrogens with one attached hydrogen (secondary N) is 1. The van der Waals surface area contributed by atoms with Gasteiger partial charge >= 0.3 is 0 Å². The molecule has 1 saturated carbocycles. The number of aromatic nitrogens is 2. The van der Waals surface area contributed by atoms with Crippen molar-refractivity contribution in [3.63, 3.8) is 0 Å². The fourth-order valence-electron chi connectivity index (χ4n) is 4.81. The van der Waals surface area contributed by atoms with E-state index in [1.165, 1.54) is 0 Å². The highest BCUT2D eigenvalue weighted by molar-refractivity contribution is 5.99. The van der Waals surface area contributed by atoms with E-state index in [2.05, 4.69) is 10.1 Å². The molecule has 0 atom stereocenters. The first-order valence-corrected chi connectivity index (χ1v) is 10.9. The average Bonchev–Trinajstić information content (AvgIpc) is 3.32. The molecule has 3 aliphatic rings. The molecule has 160 valence electrons. The Morgan fingerprint density at radius 3 is 2.84 bits per heavy atom. The highest BCUT2D eigenvalue weighted by atomic mass is 16.5. The quantitative estimate of drug-likeness (QED) is 0.688. The topological polar surface area (TPSA) is 91.7 Å². The Bertz CT molecular complexity index is 1140. The Morgan fingerprint density at radius 2 is 2.00 bits per heavy atom. The maximum Gasteiger partial charge on any atom is 0.276 e. The SMILES string of the molecule is O=C(c1cc2ccccc2[nH]1)N1CCc2onc(C(=O)N3CCCOCC34CC4)c2C1. The van der Waals surface area contributed by atoms with E-state index in [0.717, 1.165) is 35.7 Å². The smallest absolute Gasteiger partial charge is 0.276 e. The summed E-state index contributed by atoms with van der Waals surface area (Å²) in [7, 11) is 0. The van der Waals surface area contributed by atoms with Gasteiger partial charge in [-0.15, -0.1) is 0 Å². The third-order valence-corrected chi connectivity index (χ3v) is 6.76. The van der Waals surface area contributed by atoms with E-state index >= 15 is 0 Å². The van der Waals surface area contributed by atoms with E-state index in [4.69, 9.17) is 9.26 Å². The lowest BCUT2D eigenvalue weighted by Crippen LogP contribution is -2.45. The number of benzene rings is 1. The van der Waals surface area contributed by atoms with Crippen LogP contribution in [0, 0.1) is 0 Å². The number of aromatic amines is 1. The maximum absolute atomic E-state index is 13.4. The molecule has 1 aliphatic carbocycles. The highest BCUT2D eigenvalue weighted by Crippen LogP contribution is 2.44. The number of fused-ring (bicyclic) bond motifs is 2. The molecular weight excluding hydrogens is 396 g/mol. The number of amides is 2. The van der Waals surface area contributed by atoms with Crippen LogP contribution in [0.1, 0.15) is 51.6 Å². The standard InChI is InChI=1S/C23H24N4O4/c28-21(18-12-15-4-1-2-5-17(15)24-18)26-10-6-19-16(13-26)20(25-31-19)22(29)27-9-3-11-30-14-23(27)7-8-23/h1-2,4-5,12,24H,3,6-11,13-14H2. The van der Waals surface area contributed by atoms with Crippen LogP contribution < -0.4 is 0 Å². The van der Waals surface area contributed by atoms with Gasteiger partial charge in [-0.25, -0.2) is 0 Å². The lowest BCUT2D eigenvalue weighted by atomic mass is 10.0. The van der Waals surface area contributed by atoms with E-state index in [9.17, 15) is 9.59 Å². The molecule has 1 aromatic carbocycles. The predicted octanol–water partition coefficient (Wildman–Crippen LogP) is 2.75. The van der Waals surface area contributed by atoms with E-state index < -0.39 is 0 Å². The summed E-state index contributed by atoms with van der Waals surface area (Å²) in [6.45, 7) is 2.79. The number of para-hydroxylation sites is 1. The van der Waals surface area contributed by atoms with Crippen LogP contribution in [0.15, 0.2) is 34.9 Å². The summed E-state index contributed by atoms with van der Waals surface area (Å²) in [6, 6.07) is 9.70. The summed E-state index contributed by atoms with van der Waals surface area (Å²) < 4.78 is 11.2. The molecule has 0 bridgehead atoms. The van der Waals surface area contributed by atoms with Gasteiger partial charge in [0.1, 0.15) is 11.5 Å². The van der Waals surface area contributed by atoms with Gasteiger partial charge in [0.25, 0.3) is 11.8 Å². The Hall–Kier alpha value is -3.13. The number of carbonyl (C=O) groups is 2. The van der Waals surface area contributed by atoms with Crippen molar-refractivity contribution in [1.82, 2.24) is 19.9 Å². The first kappa shape index (κ1) is 18.6. The third kappa shape index (κ3) is 3.05. The van der Waals surface area contributed by atoms with Crippen LogP contribution in [-0.2, 0) is 17.7 Å². The molecule has 1 spiro atoms. The molecule has 2 fully saturated rings. The first-order valence-electron chi connectivity index (χ1n) is 10.9. The molecule has 6 rings (SSSR count). The van der Waals surface area contributed by atoms with E-state index in [-0.39, 0.29) is 17.4 Å². The van der Waals surface area contributed by atoms with Crippen molar-refractivity contribution < 1.29 is 18.8 Å². The van der Waals surface area contributed by atoms with Crippen LogP contribution in [0.5, 0.6) is 0 Å². The molecule has 8 heteroatoms. The largest absolute Gasteiger partial charge is 0.379 e. The molecule has 3 aromatic rings. The Kier molecular flexibility index (Phi) is 4.17. The fourth-order valence-corrected chi connectivity index (χ4v) is 4.81. The van der Waals surface area contributed by atoms with Gasteiger partial charge in [0.05, 0.1) is 18.7 Å². The van der Waals surface area contributed by atoms with Crippen molar-refractivity contribution in [3.05, 3.63) is 53.0 Å². The summed E-state index contributed by atoms with van der Waals surface area (Å²) in [5.41, 5.74) is 2.38. The summed E-state index contributed by atoms with van der Waals surface area (Å²) in [5, 5.41) is 5.15. The third-order valence-electron chi connectivity index (χ3n) is 6.76. The van der Waals surface area contributed by atoms with Crippen LogP contribution in [0.25, 0.3) is 10.9 Å². The van der Waals surface area contributed by atoms with E-state index in [0.29, 0.717) is 56.4 Å². The number of rotatable bonds is 2. The van der Waals surface area contributed by atoms with Crippen molar-refractivity contribution >= 4 is 22.7 Å². The molecular formula is C23H24N4O4. The van der Waals surface area contributed by atoms with Crippen molar-refractivity contribution in [2.24, 2.45) is 0 Å². The van der Waals surface area contributed by atoms with Gasteiger partial charge < -0.3 is 24.0 Å². The van der Waals surface area contributed by atoms with Crippen LogP contribution in [-0.4, -0.2) is 63.6 Å². The maximum atomic E-state index is 13.4. The van der Waals surface area contributed by atoms with E-state index in [1.54, 1.807) is 4.90 Å². The minimum atomic E-state index is -0.187. The second-order valence-electron chi connectivity index (χ2n) is 8.77. The number of H-pyrrole nitrogens is 1. The molecule has 2 aliphatic heterocycles. The summed E-state index contributed by atoms with van der Waals surface area (Å²) in [5.74, 6) is 0.524. The average molecular weight is 420 g/mol. The lowest BCUT2D eigenvalue weighted by Gasteiger charge is -2.30. The van der Waals surface area contributed by atoms with Gasteiger partial charge in [-0.05, 0) is 31.4 Å². The van der Waals surface area contributed by atoms with Gasteiger partial charge in [-0.3, -0.25) is 9.59 Å². The Morgan fingerprint density at radius 1 is 1.13 bits per heavy atom. The highest BCUT2D eigenvalue weighted by Gasteiger charge is 2.52. The second kappa shape index (κ2) is 6.95. The second-order valence-corrected chi connectivity index (χ2v) is 8.77. The Labute approximate surface area is 179 Å². The summed E-state index contributed by atoms with van der Waals surface area (Å²) >= 11 is 0. The summed E-state index contributed by atoms with van der Waals surface area (Å²) in [4.78, 5) is 33.5. The molecule has 1 saturated heterocycles. The zero-order valence-corrected chi connectivity index (χ0v) is 17.2. The zero-order chi connectivity index (χ0) is 21.0. The monoisotopic (exact) mass is 420 g/mol. The predicted molar refractivity (Wildman–Crippen MR) is 112 cm³/mol. The number of hydrogen-bond donors (Lipinski definition) is 1. The molecule has 2 aromatic heterocycles. The van der Waals surface area contributed by atoms with Crippen LogP contribution in [0.3, 0.4) is 0 Å². The number of ether oxygens (including phenoxy) is 1. The van der Waals surface area contributed by atoms with Gasteiger partial charge in [-0.1, -0.05) is 23.4 Å². The molecule has 2 amide bonds. The van der Waals surface area contributed by atoms with Crippen molar-refractivity contribution in [1.29, 1.82) is 0 Å². The first-order chi connectivity index (χ1) is 15.1. The van der Waals surface area contributed by atoms with Gasteiger partial charge in [-0.2, -0.15) is 0 Å². The molecule has 4 heterocycles. The number of nitrogens with zero attached hydrogens (tertiary/aromatic N) is 3. The van der Waals surface area contributed by atoms with Gasteiger partial charge in [0, 0.05) is 42.6 Å². The molecule has 0 radical (unpaired) electrons. The van der Waals surface area contributed by atoms with Crippen LogP contribution >= 0.6 is 0 Å². The van der Waals surface area contributed by atoms with Crippen molar-refractivity contribution in [2.75, 3.05) is 26.3 Å². The minimum absolute atomic E-state index is 0.0803. The van der Waals surface area contributed by atoms with Gasteiger partial charge in [0.15, 0.2) is 5.69 Å². The van der Waals surface area contributed by atoms with Crippen LogP contribution in [0.2, 0.25) is 0 Å². The molecule has 1 N–H and O–H groups in total. The summed E-state index contributed by atoms with van der Waals surface area (Å²) in [6.07, 6.45) is 3.29. The van der Waals surface area contributed by atoms with Crippen molar-refractivity contribution in [3.8, 4) is 0 Å².